The number of carbonyl (C=O) groups is 2. The summed E-state index contributed by atoms with van der Waals surface area (Å²) in [5.41, 5.74) is 0.334. The molecule has 1 aromatic heterocycles. The van der Waals surface area contributed by atoms with Gasteiger partial charge in [0.25, 0.3) is 0 Å². The molecule has 3 rings (SSSR count). The first-order valence-corrected chi connectivity index (χ1v) is 9.10. The molecule has 0 aliphatic carbocycles. The average molecular weight is 402 g/mol. The third-order valence-electron chi connectivity index (χ3n) is 5.37. The van der Waals surface area contributed by atoms with E-state index in [-0.39, 0.29) is 16.3 Å². The number of aryl methyl sites for hydroxylation is 1. The van der Waals surface area contributed by atoms with E-state index in [2.05, 4.69) is 0 Å². The van der Waals surface area contributed by atoms with Gasteiger partial charge >= 0.3 is 11.9 Å². The fourth-order valence-electron chi connectivity index (χ4n) is 3.83. The van der Waals surface area contributed by atoms with Gasteiger partial charge in [0.05, 0.1) is 10.6 Å². The SMILES string of the molecule is CCn1c(C)c(C(=O)O)c2c(C(C)(C(=O)O)c3ccc(Cl)c(O)c3)cccc21. The van der Waals surface area contributed by atoms with Crippen LogP contribution in [0.25, 0.3) is 10.9 Å². The largest absolute Gasteiger partial charge is 0.506 e. The van der Waals surface area contributed by atoms with E-state index in [9.17, 15) is 24.9 Å². The molecule has 1 atom stereocenters. The average Bonchev–Trinajstić information content (AvgIpc) is 2.94. The zero-order valence-corrected chi connectivity index (χ0v) is 16.4. The Bertz CT molecular complexity index is 1120. The predicted octanol–water partition coefficient (Wildman–Crippen LogP) is 4.42. The maximum absolute atomic E-state index is 12.4. The quantitative estimate of drug-likeness (QED) is 0.587. The van der Waals surface area contributed by atoms with Crippen molar-refractivity contribution >= 4 is 34.4 Å². The van der Waals surface area contributed by atoms with Gasteiger partial charge in [-0.1, -0.05) is 29.8 Å². The van der Waals surface area contributed by atoms with Crippen molar-refractivity contribution < 1.29 is 24.9 Å². The van der Waals surface area contributed by atoms with Crippen LogP contribution in [-0.2, 0) is 16.8 Å². The highest BCUT2D eigenvalue weighted by Gasteiger charge is 2.40. The van der Waals surface area contributed by atoms with Gasteiger partial charge in [-0.3, -0.25) is 4.79 Å². The molecule has 2 aromatic carbocycles. The Hall–Kier alpha value is -2.99. The molecule has 0 aliphatic rings. The lowest BCUT2D eigenvalue weighted by Crippen LogP contribution is -2.34. The second-order valence-electron chi connectivity index (χ2n) is 6.81. The summed E-state index contributed by atoms with van der Waals surface area (Å²) in [6.45, 7) is 5.66. The van der Waals surface area contributed by atoms with E-state index >= 15 is 0 Å². The number of benzene rings is 2. The Morgan fingerprint density at radius 3 is 2.39 bits per heavy atom. The summed E-state index contributed by atoms with van der Waals surface area (Å²) in [5, 5.41) is 30.5. The van der Waals surface area contributed by atoms with E-state index in [1.807, 2.05) is 11.5 Å². The number of aliphatic carboxylic acids is 1. The second kappa shape index (κ2) is 6.87. The molecule has 3 aromatic rings. The Labute approximate surface area is 166 Å². The van der Waals surface area contributed by atoms with Gasteiger partial charge in [0.15, 0.2) is 0 Å². The number of aromatic hydroxyl groups is 1. The van der Waals surface area contributed by atoms with Gasteiger partial charge in [-0.25, -0.2) is 4.79 Å². The Kier molecular flexibility index (Phi) is 4.85. The van der Waals surface area contributed by atoms with Gasteiger partial charge in [0.1, 0.15) is 11.2 Å². The number of hydrogen-bond donors (Lipinski definition) is 3. The standard InChI is InChI=1S/C21H20ClNO5/c1-4-23-11(2)17(19(25)26)18-13(6-5-7-15(18)23)21(3,20(27)28)12-8-9-14(22)16(24)10-12/h5-10,24H,4H2,1-3H3,(H,25,26)(H,27,28). The van der Waals surface area contributed by atoms with Crippen molar-refractivity contribution in [1.29, 1.82) is 0 Å². The molecule has 1 unspecified atom stereocenters. The number of fused-ring (bicyclic) bond motifs is 1. The summed E-state index contributed by atoms with van der Waals surface area (Å²) < 4.78 is 1.85. The van der Waals surface area contributed by atoms with Crippen LogP contribution >= 0.6 is 11.6 Å². The van der Waals surface area contributed by atoms with E-state index in [4.69, 9.17) is 11.6 Å². The molecule has 0 saturated heterocycles. The van der Waals surface area contributed by atoms with E-state index in [0.29, 0.717) is 34.3 Å². The number of phenolic OH excluding ortho intramolecular Hbond substituents is 1. The van der Waals surface area contributed by atoms with Crippen molar-refractivity contribution in [3.63, 3.8) is 0 Å². The van der Waals surface area contributed by atoms with Crippen LogP contribution in [0.1, 0.15) is 41.0 Å². The lowest BCUT2D eigenvalue weighted by atomic mass is 9.74. The molecular formula is C21H20ClNO5. The highest BCUT2D eigenvalue weighted by molar-refractivity contribution is 6.32. The molecule has 6 nitrogen and oxygen atoms in total. The fraction of sp³-hybridized carbons (Fsp3) is 0.238. The summed E-state index contributed by atoms with van der Waals surface area (Å²) in [6.07, 6.45) is 0. The second-order valence-corrected chi connectivity index (χ2v) is 7.21. The molecule has 0 bridgehead atoms. The summed E-state index contributed by atoms with van der Waals surface area (Å²) in [4.78, 5) is 24.5. The van der Waals surface area contributed by atoms with Crippen molar-refractivity contribution in [3.8, 4) is 5.75 Å². The maximum Gasteiger partial charge on any atom is 0.338 e. The number of aromatic nitrogens is 1. The summed E-state index contributed by atoms with van der Waals surface area (Å²) >= 11 is 5.88. The number of halogens is 1. The monoisotopic (exact) mass is 401 g/mol. The molecule has 1 heterocycles. The van der Waals surface area contributed by atoms with E-state index in [1.165, 1.54) is 25.1 Å². The number of carboxylic acids is 2. The molecule has 3 N–H and O–H groups in total. The Morgan fingerprint density at radius 2 is 1.86 bits per heavy atom. The zero-order chi connectivity index (χ0) is 20.8. The van der Waals surface area contributed by atoms with Gasteiger partial charge in [0, 0.05) is 23.1 Å². The topological polar surface area (TPSA) is 99.8 Å². The van der Waals surface area contributed by atoms with Crippen molar-refractivity contribution in [2.75, 3.05) is 0 Å². The number of carboxylic acid groups (broad SMARTS) is 2. The van der Waals surface area contributed by atoms with E-state index in [0.717, 1.165) is 0 Å². The fourth-order valence-corrected chi connectivity index (χ4v) is 3.95. The van der Waals surface area contributed by atoms with Crippen LogP contribution in [0.5, 0.6) is 5.75 Å². The van der Waals surface area contributed by atoms with Crippen LogP contribution < -0.4 is 0 Å². The molecule has 0 aliphatic heterocycles. The molecular weight excluding hydrogens is 382 g/mol. The highest BCUT2D eigenvalue weighted by atomic mass is 35.5. The maximum atomic E-state index is 12.4. The lowest BCUT2D eigenvalue weighted by molar-refractivity contribution is -0.141. The summed E-state index contributed by atoms with van der Waals surface area (Å²) in [5.74, 6) is -2.52. The van der Waals surface area contributed by atoms with Crippen LogP contribution in [0.3, 0.4) is 0 Å². The van der Waals surface area contributed by atoms with E-state index in [1.54, 1.807) is 25.1 Å². The molecule has 0 fully saturated rings. The van der Waals surface area contributed by atoms with Crippen molar-refractivity contribution in [2.45, 2.75) is 32.7 Å². The first-order chi connectivity index (χ1) is 13.1. The normalized spacial score (nSPS) is 13.4. The molecule has 7 heteroatoms. The van der Waals surface area contributed by atoms with Crippen molar-refractivity contribution in [2.24, 2.45) is 0 Å². The van der Waals surface area contributed by atoms with Crippen LogP contribution in [0.4, 0.5) is 0 Å². The van der Waals surface area contributed by atoms with Crippen LogP contribution in [-0.4, -0.2) is 31.8 Å². The van der Waals surface area contributed by atoms with Crippen LogP contribution in [0.15, 0.2) is 36.4 Å². The minimum atomic E-state index is -1.60. The van der Waals surface area contributed by atoms with Crippen LogP contribution in [0, 0.1) is 6.92 Å². The Balaban J connectivity index is 2.47. The third-order valence-corrected chi connectivity index (χ3v) is 5.69. The van der Waals surface area contributed by atoms with Gasteiger partial charge in [-0.15, -0.1) is 0 Å². The number of rotatable bonds is 5. The highest BCUT2D eigenvalue weighted by Crippen LogP contribution is 2.41. The molecule has 0 saturated carbocycles. The molecule has 0 amide bonds. The third kappa shape index (κ3) is 2.72. The molecule has 0 radical (unpaired) electrons. The van der Waals surface area contributed by atoms with Gasteiger partial charge < -0.3 is 19.9 Å². The van der Waals surface area contributed by atoms with Crippen molar-refractivity contribution in [1.82, 2.24) is 4.57 Å². The smallest absolute Gasteiger partial charge is 0.338 e. The number of hydrogen-bond acceptors (Lipinski definition) is 3. The summed E-state index contributed by atoms with van der Waals surface area (Å²) in [7, 11) is 0. The van der Waals surface area contributed by atoms with Gasteiger partial charge in [0.2, 0.25) is 0 Å². The summed E-state index contributed by atoms with van der Waals surface area (Å²) in [6, 6.07) is 9.37. The van der Waals surface area contributed by atoms with Gasteiger partial charge in [-0.2, -0.15) is 0 Å². The van der Waals surface area contributed by atoms with Crippen molar-refractivity contribution in [3.05, 3.63) is 63.8 Å². The minimum absolute atomic E-state index is 0.0816. The first kappa shape index (κ1) is 19.8. The Morgan fingerprint density at radius 1 is 1.18 bits per heavy atom. The number of aromatic carboxylic acids is 1. The van der Waals surface area contributed by atoms with E-state index < -0.39 is 17.4 Å². The molecule has 146 valence electrons. The minimum Gasteiger partial charge on any atom is -0.506 e. The first-order valence-electron chi connectivity index (χ1n) is 8.72. The van der Waals surface area contributed by atoms with Crippen LogP contribution in [0.2, 0.25) is 5.02 Å². The predicted molar refractivity (Wildman–Crippen MR) is 107 cm³/mol. The zero-order valence-electron chi connectivity index (χ0n) is 15.7. The lowest BCUT2D eigenvalue weighted by Gasteiger charge is -2.27. The number of phenols is 1. The molecule has 0 spiro atoms. The van der Waals surface area contributed by atoms with Gasteiger partial charge in [-0.05, 0) is 50.1 Å². The molecule has 28 heavy (non-hydrogen) atoms. The number of nitrogens with zero attached hydrogens (tertiary/aromatic N) is 1.